The summed E-state index contributed by atoms with van der Waals surface area (Å²) < 4.78 is 0. The van der Waals surface area contributed by atoms with Crippen molar-refractivity contribution in [2.75, 3.05) is 12.3 Å². The van der Waals surface area contributed by atoms with E-state index in [1.165, 1.54) is 11.1 Å². The summed E-state index contributed by atoms with van der Waals surface area (Å²) in [7, 11) is 0. The third-order valence-corrected chi connectivity index (χ3v) is 5.44. The standard InChI is InChI=1S/C16H22N2OS.ClH/c1-11-10-13(6-8-17-11)18-16(19)15-14-5-3-2-4-12(14)7-9-20-15;/h2-5,11,13,15,17H,6-10H2,1H3,(H,18,19);1H. The van der Waals surface area contributed by atoms with Gasteiger partial charge in [0.15, 0.2) is 0 Å². The van der Waals surface area contributed by atoms with Crippen LogP contribution in [0.1, 0.15) is 36.1 Å². The maximum absolute atomic E-state index is 12.6. The van der Waals surface area contributed by atoms with Crippen molar-refractivity contribution in [1.29, 1.82) is 0 Å². The number of hydrogen-bond donors (Lipinski definition) is 2. The molecule has 0 saturated carbocycles. The van der Waals surface area contributed by atoms with Gasteiger partial charge in [0.25, 0.3) is 0 Å². The number of thioether (sulfide) groups is 1. The first-order valence-corrected chi connectivity index (χ1v) is 8.52. The monoisotopic (exact) mass is 326 g/mol. The van der Waals surface area contributed by atoms with Crippen molar-refractivity contribution < 1.29 is 4.79 Å². The summed E-state index contributed by atoms with van der Waals surface area (Å²) in [4.78, 5) is 12.6. The molecule has 0 radical (unpaired) electrons. The SMILES string of the molecule is CC1CC(NC(=O)C2SCCc3ccccc32)CCN1.Cl. The van der Waals surface area contributed by atoms with Crippen LogP contribution >= 0.6 is 24.2 Å². The van der Waals surface area contributed by atoms with Crippen LogP contribution in [0.15, 0.2) is 24.3 Å². The average Bonchev–Trinajstić information content (AvgIpc) is 2.46. The molecule has 0 bridgehead atoms. The Kier molecular flexibility index (Phi) is 5.97. The van der Waals surface area contributed by atoms with Gasteiger partial charge in [0.05, 0.1) is 0 Å². The van der Waals surface area contributed by atoms with Crippen molar-refractivity contribution in [1.82, 2.24) is 10.6 Å². The number of halogens is 1. The van der Waals surface area contributed by atoms with E-state index in [-0.39, 0.29) is 23.6 Å². The van der Waals surface area contributed by atoms with E-state index in [1.807, 2.05) is 6.07 Å². The lowest BCUT2D eigenvalue weighted by Gasteiger charge is -2.31. The molecule has 3 atom stereocenters. The molecule has 3 nitrogen and oxygen atoms in total. The van der Waals surface area contributed by atoms with Gasteiger partial charge < -0.3 is 10.6 Å². The van der Waals surface area contributed by atoms with Gasteiger partial charge >= 0.3 is 0 Å². The van der Waals surface area contributed by atoms with Crippen LogP contribution in [0.2, 0.25) is 0 Å². The number of benzene rings is 1. The molecule has 1 aromatic rings. The van der Waals surface area contributed by atoms with Crippen LogP contribution in [0.3, 0.4) is 0 Å². The molecular weight excluding hydrogens is 304 g/mol. The molecule has 2 aliphatic heterocycles. The van der Waals surface area contributed by atoms with Gasteiger partial charge in [-0.05, 0) is 49.6 Å². The van der Waals surface area contributed by atoms with E-state index >= 15 is 0 Å². The lowest BCUT2D eigenvalue weighted by atomic mass is 9.98. The zero-order chi connectivity index (χ0) is 13.9. The zero-order valence-electron chi connectivity index (χ0n) is 12.3. The molecule has 2 heterocycles. The van der Waals surface area contributed by atoms with Gasteiger partial charge in [-0.25, -0.2) is 0 Å². The van der Waals surface area contributed by atoms with Crippen LogP contribution in [0.5, 0.6) is 0 Å². The Hall–Kier alpha value is -0.710. The van der Waals surface area contributed by atoms with Crippen molar-refractivity contribution in [3.8, 4) is 0 Å². The Balaban J connectivity index is 0.00000161. The molecule has 0 aliphatic carbocycles. The molecule has 0 spiro atoms. The molecular formula is C16H23ClN2OS. The predicted octanol–water partition coefficient (Wildman–Crippen LogP) is 2.70. The number of carbonyl (C=O) groups is 1. The van der Waals surface area contributed by atoms with Crippen LogP contribution in [0, 0.1) is 0 Å². The first-order valence-electron chi connectivity index (χ1n) is 7.47. The van der Waals surface area contributed by atoms with Gasteiger partial charge in [-0.1, -0.05) is 24.3 Å². The lowest BCUT2D eigenvalue weighted by Crippen LogP contribution is -2.47. The van der Waals surface area contributed by atoms with Crippen molar-refractivity contribution in [3.05, 3.63) is 35.4 Å². The Morgan fingerprint density at radius 3 is 3.00 bits per heavy atom. The highest BCUT2D eigenvalue weighted by Crippen LogP contribution is 2.36. The number of nitrogens with one attached hydrogen (secondary N) is 2. The maximum Gasteiger partial charge on any atom is 0.237 e. The van der Waals surface area contributed by atoms with Crippen molar-refractivity contribution in [2.24, 2.45) is 0 Å². The van der Waals surface area contributed by atoms with Gasteiger partial charge in [0.1, 0.15) is 5.25 Å². The Morgan fingerprint density at radius 2 is 2.19 bits per heavy atom. The second-order valence-electron chi connectivity index (χ2n) is 5.78. The van der Waals surface area contributed by atoms with Crippen molar-refractivity contribution >= 4 is 30.1 Å². The highest BCUT2D eigenvalue weighted by atomic mass is 35.5. The van der Waals surface area contributed by atoms with E-state index in [0.717, 1.165) is 31.6 Å². The summed E-state index contributed by atoms with van der Waals surface area (Å²) in [5.74, 6) is 1.24. The fraction of sp³-hybridized carbons (Fsp3) is 0.562. The minimum Gasteiger partial charge on any atom is -0.352 e. The fourth-order valence-electron chi connectivity index (χ4n) is 3.15. The molecule has 2 aliphatic rings. The lowest BCUT2D eigenvalue weighted by molar-refractivity contribution is -0.121. The van der Waals surface area contributed by atoms with E-state index in [2.05, 4.69) is 35.8 Å². The summed E-state index contributed by atoms with van der Waals surface area (Å²) in [5, 5.41) is 6.66. The number of aryl methyl sites for hydroxylation is 1. The Labute approximate surface area is 137 Å². The molecule has 3 unspecified atom stereocenters. The number of amides is 1. The second kappa shape index (κ2) is 7.52. The van der Waals surface area contributed by atoms with E-state index in [4.69, 9.17) is 0 Å². The summed E-state index contributed by atoms with van der Waals surface area (Å²) in [5.41, 5.74) is 2.55. The summed E-state index contributed by atoms with van der Waals surface area (Å²) in [6.45, 7) is 3.18. The number of piperidine rings is 1. The van der Waals surface area contributed by atoms with Gasteiger partial charge in [-0.2, -0.15) is 0 Å². The second-order valence-corrected chi connectivity index (χ2v) is 7.00. The number of hydrogen-bond acceptors (Lipinski definition) is 3. The van der Waals surface area contributed by atoms with Crippen molar-refractivity contribution in [2.45, 2.75) is 43.5 Å². The van der Waals surface area contributed by atoms with Gasteiger partial charge in [-0.15, -0.1) is 24.2 Å². The first-order chi connectivity index (χ1) is 9.74. The molecule has 116 valence electrons. The molecule has 21 heavy (non-hydrogen) atoms. The third-order valence-electron chi connectivity index (χ3n) is 4.20. The molecule has 2 N–H and O–H groups in total. The fourth-order valence-corrected chi connectivity index (χ4v) is 4.35. The zero-order valence-corrected chi connectivity index (χ0v) is 13.9. The minimum absolute atomic E-state index is 0. The quantitative estimate of drug-likeness (QED) is 0.878. The van der Waals surface area contributed by atoms with Crippen LogP contribution in [-0.4, -0.2) is 30.3 Å². The molecule has 0 aromatic heterocycles. The normalized spacial score (nSPS) is 28.1. The largest absolute Gasteiger partial charge is 0.352 e. The number of rotatable bonds is 2. The highest BCUT2D eigenvalue weighted by molar-refractivity contribution is 8.00. The van der Waals surface area contributed by atoms with E-state index < -0.39 is 0 Å². The van der Waals surface area contributed by atoms with E-state index in [1.54, 1.807) is 11.8 Å². The topological polar surface area (TPSA) is 41.1 Å². The molecule has 3 rings (SSSR count). The molecule has 1 aromatic carbocycles. The first kappa shape index (κ1) is 16.7. The van der Waals surface area contributed by atoms with E-state index in [0.29, 0.717) is 12.1 Å². The summed E-state index contributed by atoms with van der Waals surface area (Å²) >= 11 is 1.78. The van der Waals surface area contributed by atoms with Gasteiger partial charge in [-0.3, -0.25) is 4.79 Å². The molecule has 5 heteroatoms. The van der Waals surface area contributed by atoms with E-state index in [9.17, 15) is 4.79 Å². The van der Waals surface area contributed by atoms with Crippen molar-refractivity contribution in [3.63, 3.8) is 0 Å². The van der Waals surface area contributed by atoms with Crippen LogP contribution in [-0.2, 0) is 11.2 Å². The Morgan fingerprint density at radius 1 is 1.38 bits per heavy atom. The summed E-state index contributed by atoms with van der Waals surface area (Å²) in [6, 6.07) is 9.20. The summed E-state index contributed by atoms with van der Waals surface area (Å²) in [6.07, 6.45) is 3.15. The van der Waals surface area contributed by atoms with Crippen LogP contribution in [0.4, 0.5) is 0 Å². The smallest absolute Gasteiger partial charge is 0.237 e. The van der Waals surface area contributed by atoms with Gasteiger partial charge in [0.2, 0.25) is 5.91 Å². The Bertz CT molecular complexity index is 497. The van der Waals surface area contributed by atoms with Gasteiger partial charge in [0, 0.05) is 12.1 Å². The number of carbonyl (C=O) groups excluding carboxylic acids is 1. The molecule has 1 amide bonds. The molecule has 1 fully saturated rings. The third kappa shape index (κ3) is 3.93. The minimum atomic E-state index is -0.0230. The number of fused-ring (bicyclic) bond motifs is 1. The van der Waals surface area contributed by atoms with Crippen LogP contribution in [0.25, 0.3) is 0 Å². The maximum atomic E-state index is 12.6. The molecule has 1 saturated heterocycles. The highest BCUT2D eigenvalue weighted by Gasteiger charge is 2.29. The predicted molar refractivity (Wildman–Crippen MR) is 91.2 cm³/mol. The average molecular weight is 327 g/mol. The van der Waals surface area contributed by atoms with Crippen LogP contribution < -0.4 is 10.6 Å².